The Labute approximate surface area is 134 Å². The quantitative estimate of drug-likeness (QED) is 0.839. The Hall–Kier alpha value is -1.63. The molecule has 21 heavy (non-hydrogen) atoms. The van der Waals surface area contributed by atoms with Gasteiger partial charge in [0.15, 0.2) is 0 Å². The third-order valence-electron chi connectivity index (χ3n) is 2.83. The highest BCUT2D eigenvalue weighted by Gasteiger charge is 2.16. The van der Waals surface area contributed by atoms with Gasteiger partial charge in [0.25, 0.3) is 10.0 Å². The fourth-order valence-corrected chi connectivity index (χ4v) is 3.10. The molecule has 4 nitrogen and oxygen atoms in total. The van der Waals surface area contributed by atoms with Gasteiger partial charge in [0, 0.05) is 5.56 Å². The van der Waals surface area contributed by atoms with Crippen molar-refractivity contribution in [3.63, 3.8) is 0 Å². The van der Waals surface area contributed by atoms with Gasteiger partial charge in [0.05, 0.1) is 15.6 Å². The molecular weight excluding hydrogens is 328 g/mol. The molecule has 0 amide bonds. The van der Waals surface area contributed by atoms with Gasteiger partial charge < -0.3 is 5.73 Å². The Morgan fingerprint density at radius 3 is 2.38 bits per heavy atom. The summed E-state index contributed by atoms with van der Waals surface area (Å²) >= 11 is 10.9. The maximum atomic E-state index is 12.3. The van der Waals surface area contributed by atoms with Gasteiger partial charge in [0.2, 0.25) is 0 Å². The fraction of sp³-hybridized carbons (Fsp3) is 0.0714. The van der Waals surface area contributed by atoms with Gasteiger partial charge in [-0.2, -0.15) is 0 Å². The summed E-state index contributed by atoms with van der Waals surface area (Å²) in [6.45, 7) is 1.88. The van der Waals surface area contributed by atoms with Crippen molar-refractivity contribution in [1.29, 1.82) is 0 Å². The zero-order valence-electron chi connectivity index (χ0n) is 11.1. The average molecular weight is 341 g/mol. The van der Waals surface area contributed by atoms with E-state index in [1.807, 2.05) is 6.92 Å². The van der Waals surface area contributed by atoms with E-state index >= 15 is 0 Å². The molecule has 0 saturated carbocycles. The second kappa shape index (κ2) is 6.01. The molecule has 0 heterocycles. The molecule has 110 valence electrons. The van der Waals surface area contributed by atoms with E-state index < -0.39 is 10.0 Å². The third kappa shape index (κ3) is 3.72. The van der Waals surface area contributed by atoms with Crippen LogP contribution in [-0.2, 0) is 10.0 Å². The first-order chi connectivity index (χ1) is 9.79. The molecule has 2 aromatic rings. The summed E-state index contributed by atoms with van der Waals surface area (Å²) in [6.07, 6.45) is 0. The molecule has 2 aromatic carbocycles. The summed E-state index contributed by atoms with van der Waals surface area (Å²) in [5.41, 5.74) is 7.29. The van der Waals surface area contributed by atoms with Crippen LogP contribution in [0.25, 0.3) is 0 Å². The summed E-state index contributed by atoms with van der Waals surface area (Å²) in [7, 11) is -3.71. The maximum Gasteiger partial charge on any atom is 0.261 e. The highest BCUT2D eigenvalue weighted by atomic mass is 35.5. The zero-order chi connectivity index (χ0) is 15.6. The van der Waals surface area contributed by atoms with E-state index in [0.717, 1.165) is 5.56 Å². The normalized spacial score (nSPS) is 11.1. The minimum Gasteiger partial charge on any atom is -0.389 e. The lowest BCUT2D eigenvalue weighted by Crippen LogP contribution is -2.15. The van der Waals surface area contributed by atoms with Crippen LogP contribution in [0.2, 0.25) is 5.02 Å². The second-order valence-corrected chi connectivity index (χ2v) is 7.01. The molecular formula is C14H13ClN2O2S2. The van der Waals surface area contributed by atoms with Gasteiger partial charge in [-0.15, -0.1) is 0 Å². The molecule has 0 aliphatic heterocycles. The number of nitrogens with two attached hydrogens (primary N) is 1. The van der Waals surface area contributed by atoms with Crippen molar-refractivity contribution in [2.45, 2.75) is 11.8 Å². The van der Waals surface area contributed by atoms with Crippen molar-refractivity contribution in [3.8, 4) is 0 Å². The molecule has 3 N–H and O–H groups in total. The Morgan fingerprint density at radius 2 is 1.81 bits per heavy atom. The van der Waals surface area contributed by atoms with E-state index in [1.165, 1.54) is 18.2 Å². The van der Waals surface area contributed by atoms with Crippen LogP contribution in [0, 0.1) is 6.92 Å². The lowest BCUT2D eigenvalue weighted by atomic mass is 10.2. The number of rotatable bonds is 4. The first-order valence-electron chi connectivity index (χ1n) is 5.98. The Kier molecular flexibility index (Phi) is 4.51. The summed E-state index contributed by atoms with van der Waals surface area (Å²) < 4.78 is 27.1. The van der Waals surface area contributed by atoms with Crippen LogP contribution in [0.1, 0.15) is 11.1 Å². The number of anilines is 1. The first kappa shape index (κ1) is 15.8. The van der Waals surface area contributed by atoms with E-state index in [0.29, 0.717) is 5.56 Å². The molecule has 0 aliphatic carbocycles. The molecule has 0 atom stereocenters. The third-order valence-corrected chi connectivity index (χ3v) is 4.77. The summed E-state index contributed by atoms with van der Waals surface area (Å²) in [6, 6.07) is 11.2. The number of aryl methyl sites for hydroxylation is 1. The number of hydrogen-bond donors (Lipinski definition) is 2. The van der Waals surface area contributed by atoms with Crippen LogP contribution in [0.4, 0.5) is 5.69 Å². The topological polar surface area (TPSA) is 72.2 Å². The lowest BCUT2D eigenvalue weighted by molar-refractivity contribution is 0.601. The minimum absolute atomic E-state index is 0.157. The molecule has 0 bridgehead atoms. The second-order valence-electron chi connectivity index (χ2n) is 4.48. The Morgan fingerprint density at radius 1 is 1.19 bits per heavy atom. The maximum absolute atomic E-state index is 12.3. The van der Waals surface area contributed by atoms with Crippen LogP contribution >= 0.6 is 23.8 Å². The van der Waals surface area contributed by atoms with Gasteiger partial charge >= 0.3 is 0 Å². The molecule has 2 rings (SSSR count). The monoisotopic (exact) mass is 340 g/mol. The van der Waals surface area contributed by atoms with Crippen molar-refractivity contribution in [3.05, 3.63) is 58.6 Å². The number of hydrogen-bond acceptors (Lipinski definition) is 3. The number of halogens is 1. The van der Waals surface area contributed by atoms with Crippen LogP contribution in [0.3, 0.4) is 0 Å². The van der Waals surface area contributed by atoms with Crippen molar-refractivity contribution in [2.24, 2.45) is 5.73 Å². The Bertz CT molecular complexity index is 787. The van der Waals surface area contributed by atoms with Crippen LogP contribution < -0.4 is 10.5 Å². The summed E-state index contributed by atoms with van der Waals surface area (Å²) in [5.74, 6) is 0. The van der Waals surface area contributed by atoms with Crippen molar-refractivity contribution >= 4 is 44.5 Å². The SMILES string of the molecule is Cc1ccc(S(=O)(=O)Nc2cc(C(N)=S)ccc2Cl)cc1. The highest BCUT2D eigenvalue weighted by Crippen LogP contribution is 2.26. The average Bonchev–Trinajstić information content (AvgIpc) is 2.41. The van der Waals surface area contributed by atoms with E-state index in [2.05, 4.69) is 4.72 Å². The van der Waals surface area contributed by atoms with Gasteiger partial charge in [-0.1, -0.05) is 47.6 Å². The lowest BCUT2D eigenvalue weighted by Gasteiger charge is -2.11. The van der Waals surface area contributed by atoms with E-state index in [1.54, 1.807) is 24.3 Å². The molecule has 0 spiro atoms. The van der Waals surface area contributed by atoms with Crippen LogP contribution in [-0.4, -0.2) is 13.4 Å². The van der Waals surface area contributed by atoms with Crippen LogP contribution in [0.15, 0.2) is 47.4 Å². The van der Waals surface area contributed by atoms with Crippen molar-refractivity contribution in [1.82, 2.24) is 0 Å². The largest absolute Gasteiger partial charge is 0.389 e. The highest BCUT2D eigenvalue weighted by molar-refractivity contribution is 7.92. The molecule has 7 heteroatoms. The zero-order valence-corrected chi connectivity index (χ0v) is 13.5. The molecule has 0 aliphatic rings. The first-order valence-corrected chi connectivity index (χ1v) is 8.25. The van der Waals surface area contributed by atoms with Gasteiger partial charge in [-0.05, 0) is 31.2 Å². The molecule has 0 radical (unpaired) electrons. The number of nitrogens with one attached hydrogen (secondary N) is 1. The molecule has 0 aromatic heterocycles. The number of thiocarbonyl (C=S) groups is 1. The molecule has 0 saturated heterocycles. The smallest absolute Gasteiger partial charge is 0.261 e. The van der Waals surface area contributed by atoms with Crippen molar-refractivity contribution < 1.29 is 8.42 Å². The number of benzene rings is 2. The van der Waals surface area contributed by atoms with Gasteiger partial charge in [0.1, 0.15) is 4.99 Å². The fourth-order valence-electron chi connectivity index (χ4n) is 1.68. The van der Waals surface area contributed by atoms with E-state index in [-0.39, 0.29) is 20.6 Å². The summed E-state index contributed by atoms with van der Waals surface area (Å²) in [5, 5.41) is 0.269. The predicted molar refractivity (Wildman–Crippen MR) is 89.3 cm³/mol. The molecule has 0 unspecified atom stereocenters. The van der Waals surface area contributed by atoms with E-state index in [4.69, 9.17) is 29.6 Å². The predicted octanol–water partition coefficient (Wildman–Crippen LogP) is 3.08. The van der Waals surface area contributed by atoms with Crippen LogP contribution in [0.5, 0.6) is 0 Å². The van der Waals surface area contributed by atoms with Gasteiger partial charge in [-0.3, -0.25) is 4.72 Å². The summed E-state index contributed by atoms with van der Waals surface area (Å²) in [4.78, 5) is 0.326. The molecule has 0 fully saturated rings. The van der Waals surface area contributed by atoms with Crippen molar-refractivity contribution in [2.75, 3.05) is 4.72 Å². The minimum atomic E-state index is -3.71. The standard InChI is InChI=1S/C14H13ClN2O2S2/c1-9-2-5-11(6-3-9)21(18,19)17-13-8-10(14(16)20)4-7-12(13)15/h2-8,17H,1H3,(H2,16,20). The number of sulfonamides is 1. The van der Waals surface area contributed by atoms with E-state index in [9.17, 15) is 8.42 Å². The van der Waals surface area contributed by atoms with Gasteiger partial charge in [-0.25, -0.2) is 8.42 Å². The Balaban J connectivity index is 2.38.